The van der Waals surface area contributed by atoms with Crippen LogP contribution in [0.4, 0.5) is 0 Å². The maximum atomic E-state index is 4.12. The summed E-state index contributed by atoms with van der Waals surface area (Å²) in [5.74, 6) is 1.06. The molecule has 0 saturated carbocycles. The average molecular weight is 343 g/mol. The van der Waals surface area contributed by atoms with Gasteiger partial charge in [0.25, 0.3) is 0 Å². The minimum atomic E-state index is 0.481. The van der Waals surface area contributed by atoms with Crippen LogP contribution < -0.4 is 5.32 Å². The number of halogens is 1. The molecule has 1 unspecified atom stereocenters. The van der Waals surface area contributed by atoms with Crippen molar-refractivity contribution in [2.24, 2.45) is 0 Å². The van der Waals surface area contributed by atoms with Crippen molar-refractivity contribution >= 4 is 39.0 Å². The van der Waals surface area contributed by atoms with Gasteiger partial charge < -0.3 is 5.32 Å². The van der Waals surface area contributed by atoms with Gasteiger partial charge in [0, 0.05) is 32.2 Å². The molecule has 0 amide bonds. The molecule has 0 spiro atoms. The molecular weight excluding hydrogens is 328 g/mol. The zero-order chi connectivity index (χ0) is 12.8. The third-order valence-electron chi connectivity index (χ3n) is 2.59. The topological polar surface area (TPSA) is 24.9 Å². The molecule has 0 saturated heterocycles. The zero-order valence-electron chi connectivity index (χ0n) is 10.1. The summed E-state index contributed by atoms with van der Waals surface area (Å²) in [5.41, 5.74) is 1.89. The Hall–Kier alpha value is -0.360. The van der Waals surface area contributed by atoms with E-state index in [-0.39, 0.29) is 0 Å². The Balaban J connectivity index is 1.87. The molecular formula is C13H15BrN2S2. The van der Waals surface area contributed by atoms with Gasteiger partial charge in [0.05, 0.1) is 5.51 Å². The van der Waals surface area contributed by atoms with E-state index in [4.69, 9.17) is 0 Å². The van der Waals surface area contributed by atoms with Crippen molar-refractivity contribution < 1.29 is 0 Å². The SMILES string of the molecule is CNC(CSc1cccc(Br)c1)Cc1cncs1. The van der Waals surface area contributed by atoms with Crippen LogP contribution in [0.1, 0.15) is 4.88 Å². The number of aromatic nitrogens is 1. The van der Waals surface area contributed by atoms with Gasteiger partial charge in [-0.3, -0.25) is 4.98 Å². The number of likely N-dealkylation sites (N-methyl/N-ethyl adjacent to an activating group) is 1. The van der Waals surface area contributed by atoms with Crippen molar-refractivity contribution in [3.8, 4) is 0 Å². The van der Waals surface area contributed by atoms with Crippen LogP contribution in [0, 0.1) is 0 Å². The lowest BCUT2D eigenvalue weighted by molar-refractivity contribution is 0.621. The quantitative estimate of drug-likeness (QED) is 0.807. The summed E-state index contributed by atoms with van der Waals surface area (Å²) in [7, 11) is 2.02. The maximum Gasteiger partial charge on any atom is 0.0794 e. The normalized spacial score (nSPS) is 12.6. The van der Waals surface area contributed by atoms with Gasteiger partial charge >= 0.3 is 0 Å². The fourth-order valence-corrected chi connectivity index (χ4v) is 3.87. The molecule has 1 N–H and O–H groups in total. The first-order valence-electron chi connectivity index (χ1n) is 5.71. The maximum absolute atomic E-state index is 4.12. The summed E-state index contributed by atoms with van der Waals surface area (Å²) in [6, 6.07) is 8.91. The Labute approximate surface area is 124 Å². The summed E-state index contributed by atoms with van der Waals surface area (Å²) >= 11 is 7.10. The molecule has 2 nitrogen and oxygen atoms in total. The Bertz CT molecular complexity index is 474. The van der Waals surface area contributed by atoms with Crippen LogP contribution in [-0.4, -0.2) is 23.8 Å². The second-order valence-electron chi connectivity index (χ2n) is 3.93. The van der Waals surface area contributed by atoms with Gasteiger partial charge in [0.1, 0.15) is 0 Å². The summed E-state index contributed by atoms with van der Waals surface area (Å²) in [6.45, 7) is 0. The van der Waals surface area contributed by atoms with Crippen LogP contribution in [-0.2, 0) is 6.42 Å². The van der Waals surface area contributed by atoms with Gasteiger partial charge in [-0.15, -0.1) is 23.1 Å². The molecule has 1 aromatic heterocycles. The van der Waals surface area contributed by atoms with Gasteiger partial charge in [0.2, 0.25) is 0 Å². The molecule has 0 fully saturated rings. The van der Waals surface area contributed by atoms with Crippen LogP contribution in [0.3, 0.4) is 0 Å². The molecule has 0 aliphatic heterocycles. The van der Waals surface area contributed by atoms with E-state index in [2.05, 4.69) is 50.5 Å². The zero-order valence-corrected chi connectivity index (χ0v) is 13.3. The molecule has 1 aromatic carbocycles. The van der Waals surface area contributed by atoms with Crippen molar-refractivity contribution in [1.29, 1.82) is 0 Å². The van der Waals surface area contributed by atoms with Gasteiger partial charge in [-0.2, -0.15) is 0 Å². The molecule has 2 rings (SSSR count). The van der Waals surface area contributed by atoms with E-state index in [0.717, 1.165) is 16.6 Å². The number of thiazole rings is 1. The highest BCUT2D eigenvalue weighted by Gasteiger charge is 2.09. The number of rotatable bonds is 6. The van der Waals surface area contributed by atoms with Crippen LogP contribution in [0.2, 0.25) is 0 Å². The van der Waals surface area contributed by atoms with Crippen molar-refractivity contribution in [1.82, 2.24) is 10.3 Å². The third-order valence-corrected chi connectivity index (χ3v) is 5.04. The Morgan fingerprint density at radius 3 is 3.06 bits per heavy atom. The number of hydrogen-bond acceptors (Lipinski definition) is 4. The number of hydrogen-bond donors (Lipinski definition) is 1. The first kappa shape index (κ1) is 14.1. The average Bonchev–Trinajstić information content (AvgIpc) is 2.87. The minimum absolute atomic E-state index is 0.481. The highest BCUT2D eigenvalue weighted by Crippen LogP contribution is 2.23. The largest absolute Gasteiger partial charge is 0.316 e. The summed E-state index contributed by atoms with van der Waals surface area (Å²) < 4.78 is 1.14. The van der Waals surface area contributed by atoms with E-state index >= 15 is 0 Å². The molecule has 1 atom stereocenters. The molecule has 0 aliphatic carbocycles. The lowest BCUT2D eigenvalue weighted by Gasteiger charge is -2.14. The standard InChI is InChI=1S/C13H15BrN2S2/c1-15-11(6-13-7-16-9-18-13)8-17-12-4-2-3-10(14)5-12/h2-5,7,9,11,15H,6,8H2,1H3. The van der Waals surface area contributed by atoms with E-state index in [0.29, 0.717) is 6.04 Å². The van der Waals surface area contributed by atoms with E-state index in [1.807, 2.05) is 30.5 Å². The van der Waals surface area contributed by atoms with Crippen LogP contribution >= 0.6 is 39.0 Å². The summed E-state index contributed by atoms with van der Waals surface area (Å²) in [5, 5.41) is 3.37. The highest BCUT2D eigenvalue weighted by molar-refractivity contribution is 9.10. The highest BCUT2D eigenvalue weighted by atomic mass is 79.9. The Morgan fingerprint density at radius 2 is 2.39 bits per heavy atom. The number of thioether (sulfide) groups is 1. The van der Waals surface area contributed by atoms with Crippen LogP contribution in [0.5, 0.6) is 0 Å². The van der Waals surface area contributed by atoms with Gasteiger partial charge in [0.15, 0.2) is 0 Å². The summed E-state index contributed by atoms with van der Waals surface area (Å²) in [6.07, 6.45) is 3.00. The molecule has 0 aliphatic rings. The first-order chi connectivity index (χ1) is 8.78. The van der Waals surface area contributed by atoms with Gasteiger partial charge in [-0.1, -0.05) is 22.0 Å². The molecule has 0 bridgehead atoms. The predicted molar refractivity (Wildman–Crippen MR) is 83.5 cm³/mol. The van der Waals surface area contributed by atoms with Crippen LogP contribution in [0.25, 0.3) is 0 Å². The van der Waals surface area contributed by atoms with E-state index in [1.165, 1.54) is 9.77 Å². The second kappa shape index (κ2) is 7.28. The van der Waals surface area contributed by atoms with E-state index < -0.39 is 0 Å². The number of nitrogens with one attached hydrogen (secondary N) is 1. The lowest BCUT2D eigenvalue weighted by atomic mass is 10.2. The number of nitrogens with zero attached hydrogens (tertiary/aromatic N) is 1. The van der Waals surface area contributed by atoms with E-state index in [9.17, 15) is 0 Å². The van der Waals surface area contributed by atoms with Crippen molar-refractivity contribution in [2.75, 3.05) is 12.8 Å². The molecule has 18 heavy (non-hydrogen) atoms. The monoisotopic (exact) mass is 342 g/mol. The second-order valence-corrected chi connectivity index (χ2v) is 6.91. The van der Waals surface area contributed by atoms with Crippen molar-refractivity contribution in [3.63, 3.8) is 0 Å². The van der Waals surface area contributed by atoms with Gasteiger partial charge in [-0.05, 0) is 31.7 Å². The Morgan fingerprint density at radius 1 is 1.50 bits per heavy atom. The summed E-state index contributed by atoms with van der Waals surface area (Å²) in [4.78, 5) is 6.75. The molecule has 1 heterocycles. The molecule has 96 valence electrons. The van der Waals surface area contributed by atoms with Crippen molar-refractivity contribution in [3.05, 3.63) is 45.3 Å². The molecule has 0 radical (unpaired) electrons. The smallest absolute Gasteiger partial charge is 0.0794 e. The van der Waals surface area contributed by atoms with Crippen molar-refractivity contribution in [2.45, 2.75) is 17.4 Å². The van der Waals surface area contributed by atoms with E-state index in [1.54, 1.807) is 11.3 Å². The van der Waals surface area contributed by atoms with Crippen LogP contribution in [0.15, 0.2) is 45.3 Å². The minimum Gasteiger partial charge on any atom is -0.316 e. The predicted octanol–water partition coefficient (Wildman–Crippen LogP) is 3.83. The lowest BCUT2D eigenvalue weighted by Crippen LogP contribution is -2.29. The Kier molecular flexibility index (Phi) is 5.69. The first-order valence-corrected chi connectivity index (χ1v) is 8.37. The molecule has 5 heteroatoms. The number of benzene rings is 1. The fourth-order valence-electron chi connectivity index (χ4n) is 1.58. The fraction of sp³-hybridized carbons (Fsp3) is 0.308. The molecule has 2 aromatic rings. The van der Waals surface area contributed by atoms with Gasteiger partial charge in [-0.25, -0.2) is 0 Å². The third kappa shape index (κ3) is 4.39.